The summed E-state index contributed by atoms with van der Waals surface area (Å²) in [5, 5.41) is 1.74. The van der Waals surface area contributed by atoms with Crippen molar-refractivity contribution in [2.45, 2.75) is 4.21 Å². The zero-order valence-corrected chi connectivity index (χ0v) is 11.7. The Bertz CT molecular complexity index is 603. The Morgan fingerprint density at radius 1 is 1.17 bits per heavy atom. The van der Waals surface area contributed by atoms with Gasteiger partial charge in [-0.3, -0.25) is 4.31 Å². The molecule has 1 aromatic heterocycles. The van der Waals surface area contributed by atoms with Gasteiger partial charge in [-0.25, -0.2) is 8.42 Å². The Morgan fingerprint density at radius 3 is 2.33 bits per heavy atom. The highest BCUT2D eigenvalue weighted by Crippen LogP contribution is 2.26. The molecule has 0 bridgehead atoms. The Hall–Kier alpha value is -1.53. The molecule has 0 radical (unpaired) electrons. The van der Waals surface area contributed by atoms with E-state index in [9.17, 15) is 8.42 Å². The van der Waals surface area contributed by atoms with E-state index in [1.165, 1.54) is 22.7 Å². The van der Waals surface area contributed by atoms with Crippen LogP contribution in [0, 0.1) is 0 Å². The normalized spacial score (nSPS) is 11.2. The smallest absolute Gasteiger partial charge is 0.273 e. The molecular formula is C12H13NO3S2. The topological polar surface area (TPSA) is 46.6 Å². The number of nitrogens with zero attached hydrogens (tertiary/aromatic N) is 1. The average molecular weight is 283 g/mol. The molecule has 4 nitrogen and oxygen atoms in total. The molecule has 0 unspecified atom stereocenters. The van der Waals surface area contributed by atoms with Gasteiger partial charge in [-0.2, -0.15) is 0 Å². The van der Waals surface area contributed by atoms with Crippen molar-refractivity contribution in [3.8, 4) is 5.75 Å². The first kappa shape index (κ1) is 12.9. The Balaban J connectivity index is 2.33. The molecule has 2 aromatic rings. The summed E-state index contributed by atoms with van der Waals surface area (Å²) < 4.78 is 31.1. The van der Waals surface area contributed by atoms with Gasteiger partial charge >= 0.3 is 0 Å². The standard InChI is InChI=1S/C12H13NO3S2/c1-13(10-5-7-11(16-2)8-6-10)18(14,15)12-4-3-9-17-12/h3-9H,1-2H3. The monoisotopic (exact) mass is 283 g/mol. The van der Waals surface area contributed by atoms with Crippen LogP contribution in [0.25, 0.3) is 0 Å². The zero-order valence-electron chi connectivity index (χ0n) is 10.0. The van der Waals surface area contributed by atoms with E-state index < -0.39 is 10.0 Å². The van der Waals surface area contributed by atoms with Gasteiger partial charge in [-0.05, 0) is 35.7 Å². The first-order valence-corrected chi connectivity index (χ1v) is 7.54. The molecule has 96 valence electrons. The fourth-order valence-corrected chi connectivity index (χ4v) is 3.83. The van der Waals surface area contributed by atoms with Crippen molar-refractivity contribution < 1.29 is 13.2 Å². The maximum absolute atomic E-state index is 12.3. The third-order valence-corrected chi connectivity index (χ3v) is 5.70. The second-order valence-electron chi connectivity index (χ2n) is 3.60. The van der Waals surface area contributed by atoms with Crippen molar-refractivity contribution in [2.75, 3.05) is 18.5 Å². The highest BCUT2D eigenvalue weighted by atomic mass is 32.2. The highest BCUT2D eigenvalue weighted by molar-refractivity contribution is 7.94. The predicted molar refractivity (Wildman–Crippen MR) is 72.9 cm³/mol. The molecular weight excluding hydrogens is 270 g/mol. The van der Waals surface area contributed by atoms with E-state index in [1.54, 1.807) is 48.9 Å². The van der Waals surface area contributed by atoms with Gasteiger partial charge < -0.3 is 4.74 Å². The first-order chi connectivity index (χ1) is 8.55. The van der Waals surface area contributed by atoms with Crippen LogP contribution in [0.2, 0.25) is 0 Å². The summed E-state index contributed by atoms with van der Waals surface area (Å²) >= 11 is 1.21. The zero-order chi connectivity index (χ0) is 13.2. The number of ether oxygens (including phenoxy) is 1. The van der Waals surface area contributed by atoms with Crippen LogP contribution in [0.15, 0.2) is 46.0 Å². The van der Waals surface area contributed by atoms with E-state index in [0.29, 0.717) is 15.6 Å². The second-order valence-corrected chi connectivity index (χ2v) is 6.75. The Morgan fingerprint density at radius 2 is 1.83 bits per heavy atom. The number of benzene rings is 1. The molecule has 0 saturated carbocycles. The second kappa shape index (κ2) is 4.99. The minimum Gasteiger partial charge on any atom is -0.497 e. The third kappa shape index (κ3) is 2.34. The minimum atomic E-state index is -3.46. The van der Waals surface area contributed by atoms with Crippen molar-refractivity contribution >= 4 is 27.0 Å². The minimum absolute atomic E-state index is 0.334. The van der Waals surface area contributed by atoms with Crippen LogP contribution in [-0.2, 0) is 10.0 Å². The third-order valence-electron chi connectivity index (χ3n) is 2.55. The van der Waals surface area contributed by atoms with E-state index in [4.69, 9.17) is 4.74 Å². The number of anilines is 1. The van der Waals surface area contributed by atoms with E-state index in [-0.39, 0.29) is 0 Å². The van der Waals surface area contributed by atoms with Crippen LogP contribution in [0.5, 0.6) is 5.75 Å². The first-order valence-electron chi connectivity index (χ1n) is 5.22. The van der Waals surface area contributed by atoms with Gasteiger partial charge in [-0.1, -0.05) is 6.07 Å². The van der Waals surface area contributed by atoms with Crippen molar-refractivity contribution in [3.05, 3.63) is 41.8 Å². The lowest BCUT2D eigenvalue weighted by molar-refractivity contribution is 0.415. The molecule has 0 saturated heterocycles. The number of sulfonamides is 1. The summed E-state index contributed by atoms with van der Waals surface area (Å²) in [6.07, 6.45) is 0. The predicted octanol–water partition coefficient (Wildman–Crippen LogP) is 2.58. The van der Waals surface area contributed by atoms with Crippen LogP contribution in [-0.4, -0.2) is 22.6 Å². The van der Waals surface area contributed by atoms with Crippen molar-refractivity contribution in [2.24, 2.45) is 0 Å². The van der Waals surface area contributed by atoms with Crippen LogP contribution in [0.1, 0.15) is 0 Å². The van der Waals surface area contributed by atoms with E-state index >= 15 is 0 Å². The fraction of sp³-hybridized carbons (Fsp3) is 0.167. The number of rotatable bonds is 4. The molecule has 1 aromatic carbocycles. The summed E-state index contributed by atoms with van der Waals surface area (Å²) in [6.45, 7) is 0. The van der Waals surface area contributed by atoms with Gasteiger partial charge in [0.05, 0.1) is 12.8 Å². The summed E-state index contributed by atoms with van der Waals surface area (Å²) in [6, 6.07) is 10.2. The van der Waals surface area contributed by atoms with Gasteiger partial charge in [0.25, 0.3) is 10.0 Å². The largest absolute Gasteiger partial charge is 0.497 e. The van der Waals surface area contributed by atoms with Crippen LogP contribution in [0.4, 0.5) is 5.69 Å². The van der Waals surface area contributed by atoms with Crippen molar-refractivity contribution in [3.63, 3.8) is 0 Å². The molecule has 1 heterocycles. The van der Waals surface area contributed by atoms with Crippen LogP contribution >= 0.6 is 11.3 Å². The summed E-state index contributed by atoms with van der Waals surface area (Å²) in [5.74, 6) is 0.695. The molecule has 6 heteroatoms. The van der Waals surface area contributed by atoms with Gasteiger partial charge in [0.2, 0.25) is 0 Å². The van der Waals surface area contributed by atoms with Gasteiger partial charge in [0.15, 0.2) is 0 Å². The summed E-state index contributed by atoms with van der Waals surface area (Å²) in [4.78, 5) is 0. The Kier molecular flexibility index (Phi) is 3.58. The molecule has 0 spiro atoms. The van der Waals surface area contributed by atoms with Crippen molar-refractivity contribution in [1.29, 1.82) is 0 Å². The number of thiophene rings is 1. The molecule has 18 heavy (non-hydrogen) atoms. The summed E-state index contributed by atoms with van der Waals surface area (Å²) in [7, 11) is -0.348. The molecule has 0 aliphatic carbocycles. The average Bonchev–Trinajstić information content (AvgIpc) is 2.92. The molecule has 0 aliphatic heterocycles. The number of methoxy groups -OCH3 is 1. The lowest BCUT2D eigenvalue weighted by atomic mass is 10.3. The Labute approximate surface area is 110 Å². The number of hydrogen-bond donors (Lipinski definition) is 0. The molecule has 0 N–H and O–H groups in total. The maximum atomic E-state index is 12.3. The molecule has 0 amide bonds. The fourth-order valence-electron chi connectivity index (χ4n) is 1.48. The van der Waals surface area contributed by atoms with Crippen LogP contribution in [0.3, 0.4) is 0 Å². The molecule has 0 atom stereocenters. The molecule has 0 aliphatic rings. The summed E-state index contributed by atoms with van der Waals surface area (Å²) in [5.41, 5.74) is 0.601. The van der Waals surface area contributed by atoms with Gasteiger partial charge in [0, 0.05) is 7.05 Å². The van der Waals surface area contributed by atoms with E-state index in [2.05, 4.69) is 0 Å². The lowest BCUT2D eigenvalue weighted by Crippen LogP contribution is -2.25. The van der Waals surface area contributed by atoms with Crippen molar-refractivity contribution in [1.82, 2.24) is 0 Å². The van der Waals surface area contributed by atoms with Crippen LogP contribution < -0.4 is 9.04 Å². The highest BCUT2D eigenvalue weighted by Gasteiger charge is 2.21. The van der Waals surface area contributed by atoms with E-state index in [0.717, 1.165) is 0 Å². The van der Waals surface area contributed by atoms with E-state index in [1.807, 2.05) is 0 Å². The number of hydrogen-bond acceptors (Lipinski definition) is 4. The molecule has 2 rings (SSSR count). The maximum Gasteiger partial charge on any atom is 0.273 e. The van der Waals surface area contributed by atoms with Gasteiger partial charge in [0.1, 0.15) is 9.96 Å². The quantitative estimate of drug-likeness (QED) is 0.866. The molecule has 0 fully saturated rings. The lowest BCUT2D eigenvalue weighted by Gasteiger charge is -2.18. The van der Waals surface area contributed by atoms with Gasteiger partial charge in [-0.15, -0.1) is 11.3 Å². The SMILES string of the molecule is COc1ccc(N(C)S(=O)(=O)c2cccs2)cc1.